The van der Waals surface area contributed by atoms with Crippen molar-refractivity contribution < 1.29 is 19.1 Å². The fourth-order valence-electron chi connectivity index (χ4n) is 2.91. The van der Waals surface area contributed by atoms with E-state index in [2.05, 4.69) is 10.6 Å². The summed E-state index contributed by atoms with van der Waals surface area (Å²) in [6.45, 7) is 2.47. The van der Waals surface area contributed by atoms with Gasteiger partial charge in [0.2, 0.25) is 5.91 Å². The molecule has 26 heavy (non-hydrogen) atoms. The van der Waals surface area contributed by atoms with Gasteiger partial charge in [-0.3, -0.25) is 9.59 Å². The highest BCUT2D eigenvalue weighted by atomic mass is 16.5. The van der Waals surface area contributed by atoms with Crippen LogP contribution in [0, 0.1) is 6.92 Å². The number of para-hydroxylation sites is 2. The molecule has 0 spiro atoms. The number of hydrogen-bond donors (Lipinski definition) is 2. The second kappa shape index (κ2) is 7.91. The lowest BCUT2D eigenvalue weighted by Crippen LogP contribution is -2.41. The Balaban J connectivity index is 1.52. The number of rotatable bonds is 6. The Kier molecular flexibility index (Phi) is 5.41. The van der Waals surface area contributed by atoms with E-state index in [1.165, 1.54) is 0 Å². The fraction of sp³-hybridized carbons (Fsp3) is 0.300. The SMILES string of the molecule is COc1ccc(C)cc1CCNC(=O)C[C@@H]1Oc2ccccc2NC1=O. The third-order valence-electron chi connectivity index (χ3n) is 4.23. The maximum atomic E-state index is 12.2. The number of anilines is 1. The van der Waals surface area contributed by atoms with E-state index < -0.39 is 6.10 Å². The van der Waals surface area contributed by atoms with Gasteiger partial charge in [0, 0.05) is 6.54 Å². The predicted octanol–water partition coefficient (Wildman–Crippen LogP) is 2.45. The predicted molar refractivity (Wildman–Crippen MR) is 98.5 cm³/mol. The minimum Gasteiger partial charge on any atom is -0.496 e. The quantitative estimate of drug-likeness (QED) is 0.835. The van der Waals surface area contributed by atoms with Crippen LogP contribution in [0.25, 0.3) is 0 Å². The number of carbonyl (C=O) groups is 2. The molecule has 0 aliphatic carbocycles. The minimum absolute atomic E-state index is 0.0227. The Morgan fingerprint density at radius 1 is 1.27 bits per heavy atom. The summed E-state index contributed by atoms with van der Waals surface area (Å²) in [6, 6.07) is 13.1. The molecule has 0 saturated heterocycles. The molecule has 2 amide bonds. The average Bonchev–Trinajstić information content (AvgIpc) is 2.62. The molecule has 2 N–H and O–H groups in total. The van der Waals surface area contributed by atoms with Crippen molar-refractivity contribution in [1.82, 2.24) is 5.32 Å². The lowest BCUT2D eigenvalue weighted by molar-refractivity contribution is -0.130. The van der Waals surface area contributed by atoms with Crippen molar-refractivity contribution in [3.8, 4) is 11.5 Å². The Morgan fingerprint density at radius 3 is 2.88 bits per heavy atom. The number of hydrogen-bond acceptors (Lipinski definition) is 4. The Bertz CT molecular complexity index is 819. The minimum atomic E-state index is -0.821. The zero-order chi connectivity index (χ0) is 18.5. The first-order valence-electron chi connectivity index (χ1n) is 8.53. The molecule has 6 heteroatoms. The summed E-state index contributed by atoms with van der Waals surface area (Å²) < 4.78 is 11.0. The van der Waals surface area contributed by atoms with Gasteiger partial charge in [-0.05, 0) is 37.1 Å². The fourth-order valence-corrected chi connectivity index (χ4v) is 2.91. The van der Waals surface area contributed by atoms with Gasteiger partial charge in [-0.15, -0.1) is 0 Å². The van der Waals surface area contributed by atoms with E-state index in [1.54, 1.807) is 19.2 Å². The van der Waals surface area contributed by atoms with Crippen LogP contribution in [0.5, 0.6) is 11.5 Å². The lowest BCUT2D eigenvalue weighted by Gasteiger charge is -2.25. The first-order valence-corrected chi connectivity index (χ1v) is 8.53. The monoisotopic (exact) mass is 354 g/mol. The summed E-state index contributed by atoms with van der Waals surface area (Å²) in [7, 11) is 1.63. The van der Waals surface area contributed by atoms with Crippen molar-refractivity contribution in [3.63, 3.8) is 0 Å². The first-order chi connectivity index (χ1) is 12.6. The number of nitrogens with one attached hydrogen (secondary N) is 2. The van der Waals surface area contributed by atoms with Gasteiger partial charge >= 0.3 is 0 Å². The largest absolute Gasteiger partial charge is 0.496 e. The van der Waals surface area contributed by atoms with Crippen LogP contribution in [-0.4, -0.2) is 31.6 Å². The summed E-state index contributed by atoms with van der Waals surface area (Å²) in [5.41, 5.74) is 2.80. The van der Waals surface area contributed by atoms with Crippen LogP contribution < -0.4 is 20.1 Å². The molecule has 1 heterocycles. The molecule has 3 rings (SSSR count). The van der Waals surface area contributed by atoms with Gasteiger partial charge < -0.3 is 20.1 Å². The van der Waals surface area contributed by atoms with Crippen LogP contribution in [0.15, 0.2) is 42.5 Å². The topological polar surface area (TPSA) is 76.7 Å². The van der Waals surface area contributed by atoms with Crippen molar-refractivity contribution >= 4 is 17.5 Å². The number of aryl methyl sites for hydroxylation is 1. The van der Waals surface area contributed by atoms with Gasteiger partial charge in [0.05, 0.1) is 19.2 Å². The highest BCUT2D eigenvalue weighted by molar-refractivity contribution is 5.99. The van der Waals surface area contributed by atoms with Gasteiger partial charge in [-0.1, -0.05) is 29.8 Å². The van der Waals surface area contributed by atoms with Crippen LogP contribution in [0.2, 0.25) is 0 Å². The van der Waals surface area contributed by atoms with E-state index in [4.69, 9.17) is 9.47 Å². The van der Waals surface area contributed by atoms with Gasteiger partial charge in [-0.2, -0.15) is 0 Å². The smallest absolute Gasteiger partial charge is 0.266 e. The van der Waals surface area contributed by atoms with Gasteiger partial charge in [0.25, 0.3) is 5.91 Å². The standard InChI is InChI=1S/C20H22N2O4/c1-13-7-8-16(25-2)14(11-13)9-10-21-19(23)12-18-20(24)22-15-5-3-4-6-17(15)26-18/h3-8,11,18H,9-10,12H2,1-2H3,(H,21,23)(H,22,24)/t18-/m0/s1. The third-order valence-corrected chi connectivity index (χ3v) is 4.23. The molecule has 1 atom stereocenters. The maximum Gasteiger partial charge on any atom is 0.266 e. The summed E-state index contributed by atoms with van der Waals surface area (Å²) >= 11 is 0. The Labute approximate surface area is 152 Å². The van der Waals surface area contributed by atoms with E-state index in [1.807, 2.05) is 37.3 Å². The molecule has 0 saturated carbocycles. The van der Waals surface area contributed by atoms with Crippen LogP contribution in [0.1, 0.15) is 17.5 Å². The van der Waals surface area contributed by atoms with Gasteiger partial charge in [0.15, 0.2) is 6.10 Å². The van der Waals surface area contributed by atoms with Gasteiger partial charge in [-0.25, -0.2) is 0 Å². The molecule has 1 aliphatic heterocycles. The molecule has 0 fully saturated rings. The van der Waals surface area contributed by atoms with Crippen LogP contribution in [-0.2, 0) is 16.0 Å². The molecule has 1 aliphatic rings. The van der Waals surface area contributed by atoms with Crippen molar-refractivity contribution in [2.75, 3.05) is 19.0 Å². The molecular formula is C20H22N2O4. The lowest BCUT2D eigenvalue weighted by atomic mass is 10.1. The Hall–Kier alpha value is -3.02. The maximum absolute atomic E-state index is 12.2. The normalized spacial score (nSPS) is 15.5. The van der Waals surface area contributed by atoms with Crippen molar-refractivity contribution in [2.24, 2.45) is 0 Å². The number of methoxy groups -OCH3 is 1. The zero-order valence-corrected chi connectivity index (χ0v) is 14.9. The van der Waals surface area contributed by atoms with Crippen molar-refractivity contribution in [2.45, 2.75) is 25.9 Å². The van der Waals surface area contributed by atoms with Crippen molar-refractivity contribution in [3.05, 3.63) is 53.6 Å². The molecule has 0 unspecified atom stereocenters. The molecule has 0 bridgehead atoms. The van der Waals surface area contributed by atoms with E-state index >= 15 is 0 Å². The number of ether oxygens (including phenoxy) is 2. The van der Waals surface area contributed by atoms with Crippen molar-refractivity contribution in [1.29, 1.82) is 0 Å². The van der Waals surface area contributed by atoms with Crippen LogP contribution in [0.4, 0.5) is 5.69 Å². The molecule has 136 valence electrons. The molecule has 2 aromatic rings. The van der Waals surface area contributed by atoms with Crippen LogP contribution in [0.3, 0.4) is 0 Å². The highest BCUT2D eigenvalue weighted by Crippen LogP contribution is 2.29. The third kappa shape index (κ3) is 4.14. The number of carbonyl (C=O) groups excluding carboxylic acids is 2. The van der Waals surface area contributed by atoms with E-state index in [0.717, 1.165) is 16.9 Å². The second-order valence-electron chi connectivity index (χ2n) is 6.21. The summed E-state index contributed by atoms with van der Waals surface area (Å²) in [4.78, 5) is 24.3. The zero-order valence-electron chi connectivity index (χ0n) is 14.9. The average molecular weight is 354 g/mol. The van der Waals surface area contributed by atoms with Crippen LogP contribution >= 0.6 is 0 Å². The molecule has 6 nitrogen and oxygen atoms in total. The van der Waals surface area contributed by atoms with Gasteiger partial charge in [0.1, 0.15) is 11.5 Å². The number of fused-ring (bicyclic) bond motifs is 1. The van der Waals surface area contributed by atoms with E-state index in [0.29, 0.717) is 24.4 Å². The summed E-state index contributed by atoms with van der Waals surface area (Å²) in [5, 5.41) is 5.60. The first kappa shape index (κ1) is 17.8. The molecule has 2 aromatic carbocycles. The molecular weight excluding hydrogens is 332 g/mol. The second-order valence-corrected chi connectivity index (χ2v) is 6.21. The van der Waals surface area contributed by atoms with E-state index in [9.17, 15) is 9.59 Å². The molecule has 0 radical (unpaired) electrons. The highest BCUT2D eigenvalue weighted by Gasteiger charge is 2.29. The number of amides is 2. The number of benzene rings is 2. The molecule has 0 aromatic heterocycles. The summed E-state index contributed by atoms with van der Waals surface area (Å²) in [5.74, 6) is 0.848. The van der Waals surface area contributed by atoms with E-state index in [-0.39, 0.29) is 18.2 Å². The Morgan fingerprint density at radius 2 is 2.08 bits per heavy atom. The summed E-state index contributed by atoms with van der Waals surface area (Å²) in [6.07, 6.45) is -0.194.